The molecule has 7 heteroatoms. The van der Waals surface area contributed by atoms with Gasteiger partial charge in [-0.15, -0.1) is 10.2 Å². The number of hydrogen-bond donors (Lipinski definition) is 1. The van der Waals surface area contributed by atoms with Crippen LogP contribution in [-0.2, 0) is 11.3 Å². The summed E-state index contributed by atoms with van der Waals surface area (Å²) in [4.78, 5) is 11.7. The molecule has 0 bridgehead atoms. The van der Waals surface area contributed by atoms with Crippen molar-refractivity contribution in [3.05, 3.63) is 25.0 Å². The average Bonchev–Trinajstić information content (AvgIpc) is 2.96. The van der Waals surface area contributed by atoms with Crippen LogP contribution in [-0.4, -0.2) is 30.5 Å². The van der Waals surface area contributed by atoms with Crippen LogP contribution in [0.15, 0.2) is 25.0 Å². The third-order valence-electron chi connectivity index (χ3n) is 2.48. The van der Waals surface area contributed by atoms with Crippen LogP contribution in [0, 0.1) is 0 Å². The lowest BCUT2D eigenvalue weighted by molar-refractivity contribution is -0.116. The standard InChI is InChI=1S/C11H16N6O/c1-9(2)17-6-10(5-14-17)15-11(18)3-4-16-7-12-13-8-16/h5-9H,3-4H2,1-2H3,(H,15,18). The van der Waals surface area contributed by atoms with Gasteiger partial charge >= 0.3 is 0 Å². The summed E-state index contributed by atoms with van der Waals surface area (Å²) in [6.45, 7) is 4.63. The number of anilines is 1. The van der Waals surface area contributed by atoms with Gasteiger partial charge in [-0.25, -0.2) is 0 Å². The molecule has 0 aliphatic heterocycles. The van der Waals surface area contributed by atoms with Crippen LogP contribution in [0.1, 0.15) is 26.3 Å². The van der Waals surface area contributed by atoms with E-state index in [9.17, 15) is 4.79 Å². The summed E-state index contributed by atoms with van der Waals surface area (Å²) >= 11 is 0. The first-order valence-corrected chi connectivity index (χ1v) is 5.81. The topological polar surface area (TPSA) is 77.6 Å². The van der Waals surface area contributed by atoms with E-state index in [2.05, 4.69) is 20.6 Å². The molecule has 7 nitrogen and oxygen atoms in total. The van der Waals surface area contributed by atoms with Crippen molar-refractivity contribution >= 4 is 11.6 Å². The van der Waals surface area contributed by atoms with Crippen molar-refractivity contribution in [3.63, 3.8) is 0 Å². The van der Waals surface area contributed by atoms with Gasteiger partial charge in [-0.2, -0.15) is 5.10 Å². The van der Waals surface area contributed by atoms with Gasteiger partial charge in [0.15, 0.2) is 0 Å². The molecule has 0 fully saturated rings. The minimum Gasteiger partial charge on any atom is -0.323 e. The summed E-state index contributed by atoms with van der Waals surface area (Å²) in [6.07, 6.45) is 7.02. The third kappa shape index (κ3) is 3.16. The van der Waals surface area contributed by atoms with Gasteiger partial charge in [0.2, 0.25) is 5.91 Å². The van der Waals surface area contributed by atoms with Gasteiger partial charge < -0.3 is 9.88 Å². The Kier molecular flexibility index (Phi) is 3.71. The van der Waals surface area contributed by atoms with E-state index in [-0.39, 0.29) is 11.9 Å². The second-order valence-electron chi connectivity index (χ2n) is 4.30. The summed E-state index contributed by atoms with van der Waals surface area (Å²) in [5, 5.41) is 14.3. The average molecular weight is 248 g/mol. The van der Waals surface area contributed by atoms with Crippen LogP contribution >= 0.6 is 0 Å². The number of carbonyl (C=O) groups is 1. The molecule has 2 aromatic rings. The van der Waals surface area contributed by atoms with Crippen molar-refractivity contribution in [2.24, 2.45) is 0 Å². The fourth-order valence-electron chi connectivity index (χ4n) is 1.48. The molecule has 2 heterocycles. The Morgan fingerprint density at radius 1 is 1.39 bits per heavy atom. The molecule has 0 aliphatic rings. The Morgan fingerprint density at radius 2 is 2.11 bits per heavy atom. The van der Waals surface area contributed by atoms with Gasteiger partial charge in [0.1, 0.15) is 12.7 Å². The first-order chi connectivity index (χ1) is 8.65. The molecule has 96 valence electrons. The highest BCUT2D eigenvalue weighted by Gasteiger charge is 2.06. The second kappa shape index (κ2) is 5.44. The number of carbonyl (C=O) groups excluding carboxylic acids is 1. The zero-order chi connectivity index (χ0) is 13.0. The maximum absolute atomic E-state index is 11.7. The monoisotopic (exact) mass is 248 g/mol. The van der Waals surface area contributed by atoms with Gasteiger partial charge in [0.05, 0.1) is 11.9 Å². The van der Waals surface area contributed by atoms with Gasteiger partial charge in [-0.1, -0.05) is 0 Å². The van der Waals surface area contributed by atoms with Gasteiger partial charge in [0.25, 0.3) is 0 Å². The van der Waals surface area contributed by atoms with E-state index in [1.54, 1.807) is 28.1 Å². The first kappa shape index (κ1) is 12.3. The third-order valence-corrected chi connectivity index (χ3v) is 2.48. The Hall–Kier alpha value is -2.18. The predicted octanol–water partition coefficient (Wildman–Crippen LogP) is 1.08. The largest absolute Gasteiger partial charge is 0.323 e. The lowest BCUT2D eigenvalue weighted by Gasteiger charge is -2.04. The van der Waals surface area contributed by atoms with Crippen molar-refractivity contribution in [1.29, 1.82) is 0 Å². The highest BCUT2D eigenvalue weighted by molar-refractivity contribution is 5.90. The van der Waals surface area contributed by atoms with Crippen molar-refractivity contribution < 1.29 is 4.79 Å². The lowest BCUT2D eigenvalue weighted by Crippen LogP contribution is -2.13. The Morgan fingerprint density at radius 3 is 2.72 bits per heavy atom. The van der Waals surface area contributed by atoms with Gasteiger partial charge in [0, 0.05) is 25.2 Å². The SMILES string of the molecule is CC(C)n1cc(NC(=O)CCn2cnnc2)cn1. The summed E-state index contributed by atoms with van der Waals surface area (Å²) in [6, 6.07) is 0.285. The Bertz CT molecular complexity index is 501. The quantitative estimate of drug-likeness (QED) is 0.859. The van der Waals surface area contributed by atoms with Crippen LogP contribution < -0.4 is 5.32 Å². The van der Waals surface area contributed by atoms with Crippen LogP contribution in [0.5, 0.6) is 0 Å². The number of aryl methyl sites for hydroxylation is 1. The van der Waals surface area contributed by atoms with E-state index >= 15 is 0 Å². The highest BCUT2D eigenvalue weighted by Crippen LogP contribution is 2.10. The summed E-state index contributed by atoms with van der Waals surface area (Å²) in [7, 11) is 0. The number of nitrogens with zero attached hydrogens (tertiary/aromatic N) is 5. The molecule has 18 heavy (non-hydrogen) atoms. The second-order valence-corrected chi connectivity index (χ2v) is 4.30. The number of rotatable bonds is 5. The Labute approximate surface area is 105 Å². The number of amides is 1. The van der Waals surface area contributed by atoms with E-state index in [4.69, 9.17) is 0 Å². The highest BCUT2D eigenvalue weighted by atomic mass is 16.1. The molecule has 0 aliphatic carbocycles. The number of nitrogens with one attached hydrogen (secondary N) is 1. The van der Waals surface area contributed by atoms with Crippen LogP contribution in [0.3, 0.4) is 0 Å². The molecule has 0 aromatic carbocycles. The zero-order valence-electron chi connectivity index (χ0n) is 10.4. The fourth-order valence-corrected chi connectivity index (χ4v) is 1.48. The van der Waals surface area contributed by atoms with Crippen molar-refractivity contribution in [3.8, 4) is 0 Å². The minimum atomic E-state index is -0.0491. The van der Waals surface area contributed by atoms with E-state index in [1.807, 2.05) is 20.0 Å². The maximum atomic E-state index is 11.7. The maximum Gasteiger partial charge on any atom is 0.226 e. The predicted molar refractivity (Wildman–Crippen MR) is 65.9 cm³/mol. The number of hydrogen-bond acceptors (Lipinski definition) is 4. The van der Waals surface area contributed by atoms with Crippen molar-refractivity contribution in [1.82, 2.24) is 24.5 Å². The smallest absolute Gasteiger partial charge is 0.226 e. The molecule has 0 unspecified atom stereocenters. The molecule has 2 aromatic heterocycles. The molecule has 0 saturated heterocycles. The van der Waals surface area contributed by atoms with Crippen molar-refractivity contribution in [2.75, 3.05) is 5.32 Å². The minimum absolute atomic E-state index is 0.0491. The van der Waals surface area contributed by atoms with E-state index in [0.717, 1.165) is 5.69 Å². The summed E-state index contributed by atoms with van der Waals surface area (Å²) < 4.78 is 3.56. The molecule has 1 amide bonds. The van der Waals surface area contributed by atoms with Crippen LogP contribution in [0.25, 0.3) is 0 Å². The van der Waals surface area contributed by atoms with E-state index < -0.39 is 0 Å². The van der Waals surface area contributed by atoms with E-state index in [0.29, 0.717) is 13.0 Å². The molecule has 0 atom stereocenters. The van der Waals surface area contributed by atoms with Gasteiger partial charge in [-0.3, -0.25) is 9.48 Å². The Balaban J connectivity index is 1.83. The van der Waals surface area contributed by atoms with E-state index in [1.165, 1.54) is 0 Å². The van der Waals surface area contributed by atoms with Crippen molar-refractivity contribution in [2.45, 2.75) is 32.9 Å². The normalized spacial score (nSPS) is 10.8. The van der Waals surface area contributed by atoms with Gasteiger partial charge in [-0.05, 0) is 13.8 Å². The molecular formula is C11H16N6O. The molecule has 1 N–H and O–H groups in total. The molecule has 0 saturated carbocycles. The number of aromatic nitrogens is 5. The molecular weight excluding hydrogens is 232 g/mol. The summed E-state index contributed by atoms with van der Waals surface area (Å²) in [5.74, 6) is -0.0491. The summed E-state index contributed by atoms with van der Waals surface area (Å²) in [5.41, 5.74) is 0.720. The van der Waals surface area contributed by atoms with Crippen LogP contribution in [0.4, 0.5) is 5.69 Å². The molecule has 0 spiro atoms. The van der Waals surface area contributed by atoms with Crippen LogP contribution in [0.2, 0.25) is 0 Å². The molecule has 2 rings (SSSR count). The fraction of sp³-hybridized carbons (Fsp3) is 0.455. The zero-order valence-corrected chi connectivity index (χ0v) is 10.4. The lowest BCUT2D eigenvalue weighted by atomic mass is 10.4. The molecule has 0 radical (unpaired) electrons. The first-order valence-electron chi connectivity index (χ1n) is 5.81.